The van der Waals surface area contributed by atoms with Gasteiger partial charge in [0.05, 0.1) is 18.9 Å². The minimum Gasteiger partial charge on any atom is -0.497 e. The van der Waals surface area contributed by atoms with Crippen LogP contribution < -0.4 is 15.4 Å². The number of likely N-dealkylation sites (tertiary alicyclic amines) is 1. The van der Waals surface area contributed by atoms with Crippen LogP contribution in [0.1, 0.15) is 19.8 Å². The molecule has 3 N–H and O–H groups in total. The van der Waals surface area contributed by atoms with E-state index in [0.29, 0.717) is 17.9 Å². The summed E-state index contributed by atoms with van der Waals surface area (Å²) in [5, 5.41) is 14.9. The molecule has 3 amide bonds. The fourth-order valence-electron chi connectivity index (χ4n) is 4.78. The number of amides is 3. The Balaban J connectivity index is 1.93. The Kier molecular flexibility index (Phi) is 7.33. The van der Waals surface area contributed by atoms with Crippen LogP contribution in [0.5, 0.6) is 5.75 Å². The molecular weight excluding hydrogens is 398 g/mol. The highest BCUT2D eigenvalue weighted by Gasteiger charge is 2.56. The van der Waals surface area contributed by atoms with Gasteiger partial charge in [-0.3, -0.25) is 14.4 Å². The van der Waals surface area contributed by atoms with Crippen LogP contribution >= 0.6 is 0 Å². The molecule has 1 aliphatic heterocycles. The molecule has 0 unspecified atom stereocenters. The van der Waals surface area contributed by atoms with E-state index in [2.05, 4.69) is 10.6 Å². The molecule has 1 heterocycles. The number of fused-ring (bicyclic) bond motifs is 1. The van der Waals surface area contributed by atoms with Gasteiger partial charge < -0.3 is 25.4 Å². The number of aliphatic hydroxyl groups is 1. The highest BCUT2D eigenvalue weighted by molar-refractivity contribution is 6.01. The first kappa shape index (κ1) is 22.8. The van der Waals surface area contributed by atoms with Crippen LogP contribution in [0, 0.1) is 23.7 Å². The SMILES string of the molecule is CC[C@@H]1C=C[C@H]2[C@@H](C(=O)N(CCCO)[C@@H]2C(=O)Nc2ccc(OC)cc2)[C@@H]1C(=O)NC. The van der Waals surface area contributed by atoms with Gasteiger partial charge in [-0.15, -0.1) is 0 Å². The van der Waals surface area contributed by atoms with E-state index in [4.69, 9.17) is 4.74 Å². The van der Waals surface area contributed by atoms with Crippen molar-refractivity contribution < 1.29 is 24.2 Å². The normalized spacial score (nSPS) is 27.0. The third-order valence-corrected chi connectivity index (χ3v) is 6.32. The Morgan fingerprint density at radius 1 is 1.16 bits per heavy atom. The highest BCUT2D eigenvalue weighted by atomic mass is 16.5. The van der Waals surface area contributed by atoms with Gasteiger partial charge in [0.15, 0.2) is 0 Å². The number of nitrogens with one attached hydrogen (secondary N) is 2. The topological polar surface area (TPSA) is 108 Å². The molecule has 0 saturated carbocycles. The lowest BCUT2D eigenvalue weighted by molar-refractivity contribution is -0.140. The number of hydrogen-bond acceptors (Lipinski definition) is 5. The van der Waals surface area contributed by atoms with Gasteiger partial charge >= 0.3 is 0 Å². The van der Waals surface area contributed by atoms with Crippen molar-refractivity contribution in [2.24, 2.45) is 23.7 Å². The van der Waals surface area contributed by atoms with E-state index in [9.17, 15) is 19.5 Å². The number of hydrogen-bond donors (Lipinski definition) is 3. The molecule has 1 fully saturated rings. The van der Waals surface area contributed by atoms with Crippen LogP contribution in [0.25, 0.3) is 0 Å². The lowest BCUT2D eigenvalue weighted by Gasteiger charge is -2.33. The molecule has 0 radical (unpaired) electrons. The smallest absolute Gasteiger partial charge is 0.247 e. The summed E-state index contributed by atoms with van der Waals surface area (Å²) < 4.78 is 5.15. The maximum absolute atomic E-state index is 13.4. The molecular formula is C23H31N3O5. The second-order valence-electron chi connectivity index (χ2n) is 7.97. The summed E-state index contributed by atoms with van der Waals surface area (Å²) in [4.78, 5) is 41.0. The van der Waals surface area contributed by atoms with Crippen molar-refractivity contribution in [1.82, 2.24) is 10.2 Å². The molecule has 0 bridgehead atoms. The number of carbonyl (C=O) groups excluding carboxylic acids is 3. The lowest BCUT2D eigenvalue weighted by atomic mass is 9.69. The molecule has 1 aliphatic carbocycles. The predicted octanol–water partition coefficient (Wildman–Crippen LogP) is 1.42. The highest BCUT2D eigenvalue weighted by Crippen LogP contribution is 2.45. The first-order chi connectivity index (χ1) is 15.0. The van der Waals surface area contributed by atoms with Crippen molar-refractivity contribution in [3.05, 3.63) is 36.4 Å². The molecule has 31 heavy (non-hydrogen) atoms. The van der Waals surface area contributed by atoms with E-state index in [1.807, 2.05) is 19.1 Å². The zero-order valence-corrected chi connectivity index (χ0v) is 18.2. The zero-order chi connectivity index (χ0) is 22.5. The summed E-state index contributed by atoms with van der Waals surface area (Å²) in [6.45, 7) is 2.16. The molecule has 5 atom stereocenters. The summed E-state index contributed by atoms with van der Waals surface area (Å²) in [6.07, 6.45) is 4.98. The van der Waals surface area contributed by atoms with Crippen LogP contribution in [-0.2, 0) is 14.4 Å². The van der Waals surface area contributed by atoms with Crippen LogP contribution in [0.3, 0.4) is 0 Å². The molecule has 1 saturated heterocycles. The fourth-order valence-corrected chi connectivity index (χ4v) is 4.78. The average molecular weight is 430 g/mol. The molecule has 0 aromatic heterocycles. The molecule has 2 aliphatic rings. The number of methoxy groups -OCH3 is 1. The quantitative estimate of drug-likeness (QED) is 0.542. The van der Waals surface area contributed by atoms with E-state index in [-0.39, 0.29) is 36.8 Å². The third-order valence-electron chi connectivity index (χ3n) is 6.32. The van der Waals surface area contributed by atoms with E-state index >= 15 is 0 Å². The monoisotopic (exact) mass is 429 g/mol. The van der Waals surface area contributed by atoms with Gasteiger partial charge in [-0.2, -0.15) is 0 Å². The van der Waals surface area contributed by atoms with Crippen molar-refractivity contribution in [3.63, 3.8) is 0 Å². The zero-order valence-electron chi connectivity index (χ0n) is 18.2. The number of ether oxygens (including phenoxy) is 1. The van der Waals surface area contributed by atoms with E-state index in [1.54, 1.807) is 38.4 Å². The summed E-state index contributed by atoms with van der Waals surface area (Å²) >= 11 is 0. The molecule has 8 nitrogen and oxygen atoms in total. The second kappa shape index (κ2) is 9.96. The largest absolute Gasteiger partial charge is 0.497 e. The average Bonchev–Trinajstić information content (AvgIpc) is 3.08. The summed E-state index contributed by atoms with van der Waals surface area (Å²) in [6, 6.07) is 6.22. The molecule has 0 spiro atoms. The minimum absolute atomic E-state index is 0.0618. The van der Waals surface area contributed by atoms with Gasteiger partial charge in [-0.05, 0) is 43.0 Å². The fraction of sp³-hybridized carbons (Fsp3) is 0.522. The Labute approximate surface area is 182 Å². The number of rotatable bonds is 8. The number of aliphatic hydroxyl groups excluding tert-OH is 1. The Bertz CT molecular complexity index is 838. The van der Waals surface area contributed by atoms with Crippen molar-refractivity contribution in [1.29, 1.82) is 0 Å². The summed E-state index contributed by atoms with van der Waals surface area (Å²) in [5.41, 5.74) is 0.595. The standard InChI is InChI=1S/C23H31N3O5/c1-4-14-6-11-17-19(18(14)21(28)24-2)23(30)26(12-5-13-27)20(17)22(29)25-15-7-9-16(31-3)10-8-15/h6-11,14,17-20,27H,4-5,12-13H2,1-3H3,(H,24,28)(H,25,29)/t14-,17+,18-,19-,20+/m1/s1. The lowest BCUT2D eigenvalue weighted by Crippen LogP contribution is -2.45. The Morgan fingerprint density at radius 2 is 1.87 bits per heavy atom. The van der Waals surface area contributed by atoms with E-state index < -0.39 is 23.8 Å². The van der Waals surface area contributed by atoms with Crippen LogP contribution in [0.4, 0.5) is 5.69 Å². The Hall–Kier alpha value is -2.87. The van der Waals surface area contributed by atoms with E-state index in [1.165, 1.54) is 4.90 Å². The van der Waals surface area contributed by atoms with Crippen molar-refractivity contribution in [2.75, 3.05) is 32.6 Å². The number of carbonyl (C=O) groups is 3. The first-order valence-corrected chi connectivity index (χ1v) is 10.7. The summed E-state index contributed by atoms with van der Waals surface area (Å²) in [7, 11) is 3.14. The molecule has 8 heteroatoms. The van der Waals surface area contributed by atoms with Crippen LogP contribution in [0.15, 0.2) is 36.4 Å². The van der Waals surface area contributed by atoms with Gasteiger partial charge in [-0.1, -0.05) is 19.1 Å². The first-order valence-electron chi connectivity index (χ1n) is 10.7. The maximum Gasteiger partial charge on any atom is 0.247 e. The number of nitrogens with zero attached hydrogens (tertiary/aromatic N) is 1. The minimum atomic E-state index is -0.743. The van der Waals surface area contributed by atoms with Crippen LogP contribution in [0.2, 0.25) is 0 Å². The maximum atomic E-state index is 13.4. The summed E-state index contributed by atoms with van der Waals surface area (Å²) in [5.74, 6) is -1.61. The van der Waals surface area contributed by atoms with Gasteiger partial charge in [0.2, 0.25) is 17.7 Å². The van der Waals surface area contributed by atoms with E-state index in [0.717, 1.165) is 6.42 Å². The predicted molar refractivity (Wildman–Crippen MR) is 116 cm³/mol. The number of anilines is 1. The van der Waals surface area contributed by atoms with Crippen LogP contribution in [-0.4, -0.2) is 61.1 Å². The molecule has 168 valence electrons. The second-order valence-corrected chi connectivity index (χ2v) is 7.97. The van der Waals surface area contributed by atoms with Crippen molar-refractivity contribution >= 4 is 23.4 Å². The van der Waals surface area contributed by atoms with Gasteiger partial charge in [-0.25, -0.2) is 0 Å². The molecule has 1 aromatic rings. The Morgan fingerprint density at radius 3 is 2.45 bits per heavy atom. The third kappa shape index (κ3) is 4.44. The number of allylic oxidation sites excluding steroid dienone is 1. The van der Waals surface area contributed by atoms with Gasteiger partial charge in [0.25, 0.3) is 0 Å². The number of benzene rings is 1. The van der Waals surface area contributed by atoms with Gasteiger partial charge in [0.1, 0.15) is 11.8 Å². The van der Waals surface area contributed by atoms with Gasteiger partial charge in [0, 0.05) is 31.8 Å². The van der Waals surface area contributed by atoms with Crippen molar-refractivity contribution in [3.8, 4) is 5.75 Å². The van der Waals surface area contributed by atoms with Crippen molar-refractivity contribution in [2.45, 2.75) is 25.8 Å². The molecule has 1 aromatic carbocycles. The molecule has 3 rings (SSSR count).